The number of nitrogens with one attached hydrogen (secondary N) is 2. The van der Waals surface area contributed by atoms with Crippen LogP contribution in [0.4, 0.5) is 11.4 Å². The lowest BCUT2D eigenvalue weighted by Gasteiger charge is -2.20. The fourth-order valence-corrected chi connectivity index (χ4v) is 4.95. The number of sulfonamides is 1. The van der Waals surface area contributed by atoms with Gasteiger partial charge >= 0.3 is 0 Å². The molecule has 0 amide bonds. The molecule has 0 unspecified atom stereocenters. The van der Waals surface area contributed by atoms with Gasteiger partial charge in [0.15, 0.2) is 11.5 Å². The van der Waals surface area contributed by atoms with E-state index >= 15 is 0 Å². The summed E-state index contributed by atoms with van der Waals surface area (Å²) in [6.45, 7) is 0. The average Bonchev–Trinajstić information content (AvgIpc) is 2.76. The molecule has 5 rings (SSSR count). The lowest BCUT2D eigenvalue weighted by atomic mass is 10.1. The number of rotatable bonds is 3. The van der Waals surface area contributed by atoms with Gasteiger partial charge in [-0.25, -0.2) is 4.98 Å². The number of para-hydroxylation sites is 1. The number of nitrogens with zero attached hydrogens (tertiary/aromatic N) is 3. The highest BCUT2D eigenvalue weighted by atomic mass is 79.9. The second kappa shape index (κ2) is 7.46. The van der Waals surface area contributed by atoms with Crippen molar-refractivity contribution in [2.24, 2.45) is 4.40 Å². The van der Waals surface area contributed by atoms with Gasteiger partial charge in [-0.15, -0.1) is 4.40 Å². The van der Waals surface area contributed by atoms with Gasteiger partial charge in [-0.3, -0.25) is 10.2 Å². The molecule has 2 aromatic heterocycles. The fraction of sp³-hybridized carbons (Fsp3) is 0. The van der Waals surface area contributed by atoms with Gasteiger partial charge in [-0.1, -0.05) is 34.1 Å². The maximum absolute atomic E-state index is 13.5. The Labute approximate surface area is 190 Å². The van der Waals surface area contributed by atoms with Crippen LogP contribution in [0.5, 0.6) is 5.75 Å². The van der Waals surface area contributed by atoms with E-state index in [1.165, 1.54) is 12.3 Å². The summed E-state index contributed by atoms with van der Waals surface area (Å²) in [5, 5.41) is 14.0. The second-order valence-corrected chi connectivity index (χ2v) is 9.39. The number of halogens is 1. The molecule has 1 aliphatic rings. The van der Waals surface area contributed by atoms with E-state index in [9.17, 15) is 18.3 Å². The summed E-state index contributed by atoms with van der Waals surface area (Å²) in [6, 6.07) is 16.5. The molecule has 0 aliphatic carbocycles. The minimum Gasteiger partial charge on any atom is -0.506 e. The number of fused-ring (bicyclic) bond motifs is 2. The number of aromatic hydroxyl groups is 1. The Balaban J connectivity index is 1.77. The highest BCUT2D eigenvalue weighted by molar-refractivity contribution is 9.10. The number of hydrogen-bond acceptors (Lipinski definition) is 7. The second-order valence-electron chi connectivity index (χ2n) is 6.90. The van der Waals surface area contributed by atoms with Gasteiger partial charge in [0.1, 0.15) is 16.2 Å². The Hall–Kier alpha value is -3.70. The predicted octanol–water partition coefficient (Wildman–Crippen LogP) is 3.30. The van der Waals surface area contributed by atoms with E-state index in [0.717, 1.165) is 9.15 Å². The number of benzene rings is 2. The molecule has 0 saturated heterocycles. The van der Waals surface area contributed by atoms with Crippen LogP contribution in [-0.2, 0) is 10.0 Å². The monoisotopic (exact) mass is 511 g/mol. The van der Waals surface area contributed by atoms with Crippen LogP contribution < -0.4 is 16.3 Å². The third-order valence-electron chi connectivity index (χ3n) is 4.84. The SMILES string of the molecule is O=c1c(C2=NS(=O)(=O)c3ccccc3N2)c(O)c2cccnc2n1Nc1cccc(Br)c1. The van der Waals surface area contributed by atoms with E-state index in [2.05, 4.69) is 36.1 Å². The zero-order valence-electron chi connectivity index (χ0n) is 16.2. The third kappa shape index (κ3) is 3.31. The summed E-state index contributed by atoms with van der Waals surface area (Å²) in [4.78, 5) is 17.7. The van der Waals surface area contributed by atoms with Crippen LogP contribution in [0.1, 0.15) is 5.56 Å². The number of pyridine rings is 2. The maximum atomic E-state index is 13.5. The Morgan fingerprint density at radius 1 is 1.06 bits per heavy atom. The van der Waals surface area contributed by atoms with Crippen LogP contribution in [0.25, 0.3) is 11.0 Å². The van der Waals surface area contributed by atoms with E-state index in [-0.39, 0.29) is 33.0 Å². The molecular weight excluding hydrogens is 498 g/mol. The van der Waals surface area contributed by atoms with Gasteiger partial charge in [-0.05, 0) is 42.5 Å². The van der Waals surface area contributed by atoms with Crippen LogP contribution >= 0.6 is 15.9 Å². The Morgan fingerprint density at radius 3 is 2.69 bits per heavy atom. The molecule has 1 aliphatic heterocycles. The van der Waals surface area contributed by atoms with Crippen LogP contribution in [0.3, 0.4) is 0 Å². The molecule has 0 bridgehead atoms. The fourth-order valence-electron chi connectivity index (χ4n) is 3.43. The van der Waals surface area contributed by atoms with E-state index in [1.807, 2.05) is 6.07 Å². The predicted molar refractivity (Wildman–Crippen MR) is 125 cm³/mol. The first-order valence-electron chi connectivity index (χ1n) is 9.32. The minimum atomic E-state index is -4.08. The molecule has 2 aromatic carbocycles. The largest absolute Gasteiger partial charge is 0.506 e. The summed E-state index contributed by atoms with van der Waals surface area (Å²) in [5.74, 6) is -0.701. The molecular formula is C21H14BrN5O4S. The van der Waals surface area contributed by atoms with Crippen LogP contribution in [-0.4, -0.2) is 29.0 Å². The average molecular weight is 512 g/mol. The van der Waals surface area contributed by atoms with Gasteiger partial charge < -0.3 is 10.4 Å². The van der Waals surface area contributed by atoms with E-state index in [4.69, 9.17) is 0 Å². The quantitative estimate of drug-likeness (QED) is 0.385. The molecule has 0 radical (unpaired) electrons. The molecule has 0 saturated carbocycles. The Kier molecular flexibility index (Phi) is 4.72. The lowest BCUT2D eigenvalue weighted by molar-refractivity contribution is 0.478. The number of anilines is 2. The van der Waals surface area contributed by atoms with Crippen LogP contribution in [0.15, 0.2) is 85.4 Å². The van der Waals surface area contributed by atoms with Crippen molar-refractivity contribution in [1.82, 2.24) is 9.66 Å². The molecule has 4 aromatic rings. The molecule has 0 fully saturated rings. The van der Waals surface area contributed by atoms with Gasteiger partial charge in [0.25, 0.3) is 15.6 Å². The Morgan fingerprint density at radius 2 is 1.88 bits per heavy atom. The van der Waals surface area contributed by atoms with Gasteiger partial charge in [0, 0.05) is 10.7 Å². The van der Waals surface area contributed by atoms with Crippen molar-refractivity contribution >= 4 is 54.2 Å². The smallest absolute Gasteiger partial charge is 0.286 e. The van der Waals surface area contributed by atoms with Crippen molar-refractivity contribution in [3.05, 3.63) is 87.3 Å². The van der Waals surface area contributed by atoms with Crippen molar-refractivity contribution in [1.29, 1.82) is 0 Å². The van der Waals surface area contributed by atoms with Crippen molar-refractivity contribution in [3.63, 3.8) is 0 Å². The normalized spacial score (nSPS) is 14.3. The molecule has 0 spiro atoms. The Bertz CT molecular complexity index is 1600. The standard InChI is InChI=1S/C21H14BrN5O4S/c22-12-5-3-6-13(11-12)25-27-20-14(7-4-10-23-20)18(28)17(21(27)29)19-24-15-8-1-2-9-16(15)32(30,31)26-19/h1-11,25,28H,(H,24,26). The van der Waals surface area contributed by atoms with E-state index < -0.39 is 21.3 Å². The first-order valence-corrected chi connectivity index (χ1v) is 11.6. The summed E-state index contributed by atoms with van der Waals surface area (Å²) >= 11 is 3.38. The molecule has 3 N–H and O–H groups in total. The molecule has 0 atom stereocenters. The van der Waals surface area contributed by atoms with Gasteiger partial charge in [0.2, 0.25) is 0 Å². The summed E-state index contributed by atoms with van der Waals surface area (Å²) < 4.78 is 31.1. The number of aromatic nitrogens is 2. The highest BCUT2D eigenvalue weighted by Gasteiger charge is 2.30. The van der Waals surface area contributed by atoms with Gasteiger partial charge in [0.05, 0.1) is 16.8 Å². The van der Waals surface area contributed by atoms with Crippen molar-refractivity contribution < 1.29 is 13.5 Å². The zero-order valence-corrected chi connectivity index (χ0v) is 18.6. The molecule has 32 heavy (non-hydrogen) atoms. The van der Waals surface area contributed by atoms with Crippen LogP contribution in [0, 0.1) is 0 Å². The highest BCUT2D eigenvalue weighted by Crippen LogP contribution is 2.31. The molecule has 3 heterocycles. The lowest BCUT2D eigenvalue weighted by Crippen LogP contribution is -2.35. The van der Waals surface area contributed by atoms with Crippen molar-refractivity contribution in [2.45, 2.75) is 4.90 Å². The molecule has 11 heteroatoms. The summed E-state index contributed by atoms with van der Waals surface area (Å²) in [5.41, 5.74) is 2.94. The first-order chi connectivity index (χ1) is 15.3. The maximum Gasteiger partial charge on any atom is 0.286 e. The first kappa shape index (κ1) is 20.2. The number of hydrogen-bond donors (Lipinski definition) is 3. The third-order valence-corrected chi connectivity index (χ3v) is 6.67. The van der Waals surface area contributed by atoms with Gasteiger partial charge in [-0.2, -0.15) is 13.1 Å². The van der Waals surface area contributed by atoms with Crippen molar-refractivity contribution in [2.75, 3.05) is 10.7 Å². The topological polar surface area (TPSA) is 126 Å². The molecule has 9 nitrogen and oxygen atoms in total. The van der Waals surface area contributed by atoms with Crippen LogP contribution in [0.2, 0.25) is 0 Å². The minimum absolute atomic E-state index is 0.0155. The van der Waals surface area contributed by atoms with Crippen molar-refractivity contribution in [3.8, 4) is 5.75 Å². The van der Waals surface area contributed by atoms with E-state index in [0.29, 0.717) is 5.69 Å². The van der Waals surface area contributed by atoms with E-state index in [1.54, 1.807) is 48.5 Å². The summed E-state index contributed by atoms with van der Waals surface area (Å²) in [6.07, 6.45) is 1.48. The molecule has 160 valence electrons. The number of amidine groups is 1. The zero-order chi connectivity index (χ0) is 22.5. The summed E-state index contributed by atoms with van der Waals surface area (Å²) in [7, 11) is -4.08.